The summed E-state index contributed by atoms with van der Waals surface area (Å²) in [4.78, 5) is 12.8. The van der Waals surface area contributed by atoms with Crippen LogP contribution in [-0.4, -0.2) is 11.7 Å². The van der Waals surface area contributed by atoms with Gasteiger partial charge in [0.05, 0.1) is 17.0 Å². The fourth-order valence-corrected chi connectivity index (χ4v) is 2.59. The third kappa shape index (κ3) is 4.02. The first-order valence-electron chi connectivity index (χ1n) is 5.86. The molecule has 0 aliphatic rings. The number of anilines is 1. The van der Waals surface area contributed by atoms with Gasteiger partial charge < -0.3 is 5.32 Å². The van der Waals surface area contributed by atoms with Crippen molar-refractivity contribution in [2.45, 2.75) is 4.90 Å². The minimum Gasteiger partial charge on any atom is -0.324 e. The van der Waals surface area contributed by atoms with Crippen LogP contribution in [0.2, 0.25) is 5.02 Å². The second kappa shape index (κ2) is 6.99. The summed E-state index contributed by atoms with van der Waals surface area (Å²) >= 11 is 7.28. The maximum Gasteiger partial charge on any atom is 0.234 e. The first-order chi connectivity index (χ1) is 9.69. The number of benzene rings is 2. The number of carbonyl (C=O) groups excluding carboxylic acids is 1. The lowest BCUT2D eigenvalue weighted by atomic mass is 10.2. The summed E-state index contributed by atoms with van der Waals surface area (Å²) < 4.78 is 0. The summed E-state index contributed by atoms with van der Waals surface area (Å²) in [5, 5.41) is 12.3. The molecule has 0 bridgehead atoms. The van der Waals surface area contributed by atoms with Gasteiger partial charge in [-0.3, -0.25) is 4.79 Å². The van der Waals surface area contributed by atoms with Gasteiger partial charge in [0.15, 0.2) is 0 Å². The summed E-state index contributed by atoms with van der Waals surface area (Å²) in [5.74, 6) is 0.109. The summed E-state index contributed by atoms with van der Waals surface area (Å²) in [7, 11) is 0. The van der Waals surface area contributed by atoms with Gasteiger partial charge in [-0.15, -0.1) is 11.8 Å². The molecule has 0 radical (unpaired) electrons. The molecular weight excluding hydrogens is 292 g/mol. The minimum absolute atomic E-state index is 0.155. The van der Waals surface area contributed by atoms with Crippen molar-refractivity contribution in [3.63, 3.8) is 0 Å². The van der Waals surface area contributed by atoms with E-state index >= 15 is 0 Å². The molecule has 100 valence electrons. The zero-order valence-electron chi connectivity index (χ0n) is 10.5. The Bertz CT molecular complexity index is 667. The Labute approximate surface area is 126 Å². The molecule has 0 aliphatic heterocycles. The molecule has 0 spiro atoms. The van der Waals surface area contributed by atoms with Gasteiger partial charge in [0.1, 0.15) is 6.07 Å². The van der Waals surface area contributed by atoms with Crippen LogP contribution in [0.5, 0.6) is 0 Å². The molecule has 0 saturated carbocycles. The van der Waals surface area contributed by atoms with Crippen LogP contribution in [-0.2, 0) is 4.79 Å². The molecule has 0 aromatic heterocycles. The molecule has 0 fully saturated rings. The van der Waals surface area contributed by atoms with Gasteiger partial charge >= 0.3 is 0 Å². The molecule has 0 aliphatic carbocycles. The molecule has 1 amide bonds. The third-order valence-corrected chi connectivity index (χ3v) is 3.72. The fourth-order valence-electron chi connectivity index (χ4n) is 1.58. The van der Waals surface area contributed by atoms with Crippen molar-refractivity contribution in [2.24, 2.45) is 0 Å². The molecule has 0 saturated heterocycles. The zero-order chi connectivity index (χ0) is 14.4. The van der Waals surface area contributed by atoms with E-state index in [1.165, 1.54) is 11.8 Å². The van der Waals surface area contributed by atoms with Crippen LogP contribution in [0, 0.1) is 11.3 Å². The lowest BCUT2D eigenvalue weighted by molar-refractivity contribution is -0.113. The Morgan fingerprint density at radius 2 is 2.05 bits per heavy atom. The van der Waals surface area contributed by atoms with Gasteiger partial charge in [-0.2, -0.15) is 5.26 Å². The number of halogens is 1. The van der Waals surface area contributed by atoms with E-state index in [2.05, 4.69) is 5.32 Å². The molecule has 1 N–H and O–H groups in total. The average molecular weight is 303 g/mol. The Morgan fingerprint density at radius 3 is 2.80 bits per heavy atom. The highest BCUT2D eigenvalue weighted by molar-refractivity contribution is 8.00. The number of nitrogens with zero attached hydrogens (tertiary/aromatic N) is 1. The van der Waals surface area contributed by atoms with E-state index in [1.807, 2.05) is 24.3 Å². The number of para-hydroxylation sites is 1. The molecule has 2 rings (SSSR count). The number of carbonyl (C=O) groups is 1. The maximum atomic E-state index is 11.9. The van der Waals surface area contributed by atoms with Crippen molar-refractivity contribution in [1.82, 2.24) is 0 Å². The van der Waals surface area contributed by atoms with E-state index < -0.39 is 0 Å². The zero-order valence-corrected chi connectivity index (χ0v) is 12.0. The Morgan fingerprint density at radius 1 is 1.25 bits per heavy atom. The normalized spacial score (nSPS) is 9.80. The standard InChI is InChI=1S/C15H11ClN2OS/c16-12-5-3-6-13(8-12)20-10-15(19)18-14-7-2-1-4-11(14)9-17/h1-8H,10H2,(H,18,19). The molecule has 3 nitrogen and oxygen atoms in total. The highest BCUT2D eigenvalue weighted by atomic mass is 35.5. The topological polar surface area (TPSA) is 52.9 Å². The molecule has 5 heteroatoms. The van der Waals surface area contributed by atoms with Gasteiger partial charge in [-0.1, -0.05) is 29.8 Å². The Balaban J connectivity index is 1.95. The maximum absolute atomic E-state index is 11.9. The van der Waals surface area contributed by atoms with Crippen molar-refractivity contribution in [1.29, 1.82) is 5.26 Å². The second-order valence-corrected chi connectivity index (χ2v) is 5.44. The first-order valence-corrected chi connectivity index (χ1v) is 7.23. The predicted octanol–water partition coefficient (Wildman–Crippen LogP) is 3.94. The number of amides is 1. The molecule has 0 unspecified atom stereocenters. The van der Waals surface area contributed by atoms with Crippen LogP contribution < -0.4 is 5.32 Å². The smallest absolute Gasteiger partial charge is 0.234 e. The van der Waals surface area contributed by atoms with Crippen LogP contribution in [0.25, 0.3) is 0 Å². The summed E-state index contributed by atoms with van der Waals surface area (Å²) in [6, 6.07) is 16.3. The second-order valence-electron chi connectivity index (χ2n) is 3.95. The van der Waals surface area contributed by atoms with Crippen LogP contribution in [0.15, 0.2) is 53.4 Å². The number of nitriles is 1. The number of nitrogens with one attached hydrogen (secondary N) is 1. The van der Waals surface area contributed by atoms with Crippen molar-refractivity contribution in [2.75, 3.05) is 11.1 Å². The Hall–Kier alpha value is -1.96. The van der Waals surface area contributed by atoms with E-state index in [0.717, 1.165) is 4.90 Å². The van der Waals surface area contributed by atoms with E-state index in [4.69, 9.17) is 16.9 Å². The van der Waals surface area contributed by atoms with Gasteiger partial charge in [0.2, 0.25) is 5.91 Å². The summed E-state index contributed by atoms with van der Waals surface area (Å²) in [5.41, 5.74) is 0.986. The van der Waals surface area contributed by atoms with E-state index in [9.17, 15) is 4.79 Å². The molecular formula is C15H11ClN2OS. The van der Waals surface area contributed by atoms with E-state index in [1.54, 1.807) is 30.3 Å². The number of hydrogen-bond donors (Lipinski definition) is 1. The van der Waals surface area contributed by atoms with Crippen molar-refractivity contribution in [3.05, 3.63) is 59.1 Å². The fraction of sp³-hybridized carbons (Fsp3) is 0.0667. The lowest BCUT2D eigenvalue weighted by Gasteiger charge is -2.06. The van der Waals surface area contributed by atoms with Gasteiger partial charge in [0, 0.05) is 9.92 Å². The number of rotatable bonds is 4. The van der Waals surface area contributed by atoms with Gasteiger partial charge in [-0.05, 0) is 30.3 Å². The average Bonchev–Trinajstić information content (AvgIpc) is 2.46. The quantitative estimate of drug-likeness (QED) is 0.870. The van der Waals surface area contributed by atoms with Crippen LogP contribution >= 0.6 is 23.4 Å². The van der Waals surface area contributed by atoms with Gasteiger partial charge in [-0.25, -0.2) is 0 Å². The van der Waals surface area contributed by atoms with E-state index in [0.29, 0.717) is 16.3 Å². The molecule has 20 heavy (non-hydrogen) atoms. The number of thioether (sulfide) groups is 1. The van der Waals surface area contributed by atoms with Crippen molar-refractivity contribution >= 4 is 35.0 Å². The highest BCUT2D eigenvalue weighted by Gasteiger charge is 2.07. The molecule has 2 aromatic rings. The highest BCUT2D eigenvalue weighted by Crippen LogP contribution is 2.22. The minimum atomic E-state index is -0.155. The van der Waals surface area contributed by atoms with Crippen LogP contribution in [0.4, 0.5) is 5.69 Å². The largest absolute Gasteiger partial charge is 0.324 e. The summed E-state index contributed by atoms with van der Waals surface area (Å²) in [6.45, 7) is 0. The van der Waals surface area contributed by atoms with Crippen molar-refractivity contribution in [3.8, 4) is 6.07 Å². The van der Waals surface area contributed by atoms with Crippen molar-refractivity contribution < 1.29 is 4.79 Å². The van der Waals surface area contributed by atoms with Gasteiger partial charge in [0.25, 0.3) is 0 Å². The SMILES string of the molecule is N#Cc1ccccc1NC(=O)CSc1cccc(Cl)c1. The third-order valence-electron chi connectivity index (χ3n) is 2.49. The lowest BCUT2D eigenvalue weighted by Crippen LogP contribution is -2.14. The monoisotopic (exact) mass is 302 g/mol. The Kier molecular flexibility index (Phi) is 5.05. The number of hydrogen-bond acceptors (Lipinski definition) is 3. The summed E-state index contributed by atoms with van der Waals surface area (Å²) in [6.07, 6.45) is 0. The van der Waals surface area contributed by atoms with E-state index in [-0.39, 0.29) is 11.7 Å². The molecule has 0 heterocycles. The first kappa shape index (κ1) is 14.4. The molecule has 2 aromatic carbocycles. The van der Waals surface area contributed by atoms with Crippen LogP contribution in [0.3, 0.4) is 0 Å². The predicted molar refractivity (Wildman–Crippen MR) is 82.0 cm³/mol. The molecule has 0 atom stereocenters. The van der Waals surface area contributed by atoms with Crippen LogP contribution in [0.1, 0.15) is 5.56 Å².